The number of aromatic hydroxyl groups is 1. The van der Waals surface area contributed by atoms with Gasteiger partial charge in [0.25, 0.3) is 0 Å². The summed E-state index contributed by atoms with van der Waals surface area (Å²) in [7, 11) is 0. The summed E-state index contributed by atoms with van der Waals surface area (Å²) in [6.07, 6.45) is 4.29. The fraction of sp³-hybridized carbons (Fsp3) is 0.833. The fourth-order valence-corrected chi connectivity index (χ4v) is 10.5. The number of alkyl halides is 6. The number of likely N-dealkylation sites (tertiary alicyclic amines) is 1. The van der Waals surface area contributed by atoms with Gasteiger partial charge in [-0.05, 0) is 135 Å². The zero-order valence-corrected chi connectivity index (χ0v) is 28.9. The summed E-state index contributed by atoms with van der Waals surface area (Å²) in [6.45, 7) is 6.04. The quantitative estimate of drug-likeness (QED) is 0.157. The Morgan fingerprint density at radius 1 is 0.957 bits per heavy atom. The first-order valence-corrected chi connectivity index (χ1v) is 18.4. The second-order valence-corrected chi connectivity index (χ2v) is 16.2. The molecular weight excluding hydrogens is 672 g/mol. The van der Waals surface area contributed by atoms with Crippen molar-refractivity contribution in [2.24, 2.45) is 23.2 Å². The third kappa shape index (κ3) is 7.15. The van der Waals surface area contributed by atoms with Gasteiger partial charge < -0.3 is 15.1 Å². The van der Waals surface area contributed by atoms with Gasteiger partial charge in [-0.15, -0.1) is 0 Å². The Labute approximate surface area is 279 Å². The minimum Gasteiger partial charge on any atom is -0.507 e. The monoisotopic (exact) mass is 723 g/mol. The van der Waals surface area contributed by atoms with Crippen LogP contribution in [0.15, 0.2) is 16.6 Å². The van der Waals surface area contributed by atoms with Gasteiger partial charge in [-0.2, -0.15) is 22.0 Å². The Kier molecular flexibility index (Phi) is 11.1. The van der Waals surface area contributed by atoms with Crippen LogP contribution in [0, 0.1) is 23.2 Å². The third-order valence-electron chi connectivity index (χ3n) is 12.7. The molecule has 8 atom stereocenters. The Morgan fingerprint density at radius 3 is 2.39 bits per heavy atom. The molecule has 0 aromatic heterocycles. The van der Waals surface area contributed by atoms with Gasteiger partial charge >= 0.3 is 12.1 Å². The highest BCUT2D eigenvalue weighted by molar-refractivity contribution is 9.10. The lowest BCUT2D eigenvalue weighted by molar-refractivity contribution is -0.284. The highest BCUT2D eigenvalue weighted by Crippen LogP contribution is 2.66. The van der Waals surface area contributed by atoms with Crippen LogP contribution in [0.2, 0.25) is 0 Å². The van der Waals surface area contributed by atoms with E-state index < -0.39 is 35.7 Å². The minimum atomic E-state index is -5.46. The number of halogens is 7. The lowest BCUT2D eigenvalue weighted by Crippen LogP contribution is -2.55. The minimum absolute atomic E-state index is 0.113. The molecule has 262 valence electrons. The maximum absolute atomic E-state index is 16.3. The van der Waals surface area contributed by atoms with Crippen molar-refractivity contribution < 1.29 is 36.6 Å². The van der Waals surface area contributed by atoms with Crippen molar-refractivity contribution in [2.45, 2.75) is 152 Å². The molecule has 0 bridgehead atoms. The van der Waals surface area contributed by atoms with E-state index in [-0.39, 0.29) is 35.8 Å². The van der Waals surface area contributed by atoms with Crippen LogP contribution in [-0.4, -0.2) is 58.1 Å². The molecule has 2 saturated carbocycles. The van der Waals surface area contributed by atoms with Crippen molar-refractivity contribution >= 4 is 15.9 Å². The van der Waals surface area contributed by atoms with Crippen LogP contribution in [0.5, 0.6) is 5.75 Å². The molecule has 1 aliphatic heterocycles. The van der Waals surface area contributed by atoms with Crippen LogP contribution >= 0.6 is 15.9 Å². The molecule has 3 fully saturated rings. The molecule has 0 spiro atoms. The van der Waals surface area contributed by atoms with Gasteiger partial charge in [-0.25, -0.2) is 4.39 Å². The van der Waals surface area contributed by atoms with Crippen molar-refractivity contribution in [1.29, 1.82) is 0 Å². The number of rotatable bonds is 13. The largest absolute Gasteiger partial charge is 0.507 e. The van der Waals surface area contributed by atoms with E-state index in [9.17, 15) is 32.2 Å². The van der Waals surface area contributed by atoms with Crippen molar-refractivity contribution in [3.8, 4) is 5.75 Å². The molecule has 1 saturated heterocycles. The van der Waals surface area contributed by atoms with Crippen LogP contribution in [0.25, 0.3) is 0 Å². The standard InChI is InChI=1S/C36H52BrF6NO2/c1-33-22-28(38)31-25-14-15-29(45)32(37)26(25)21-23(30(31)27(33)16-18-34(33,2)46)11-6-5-9-19-44-20-10-13-24(44)12-7-3-4-8-17-35(39,40)36(41,42)43/h14-15,23-24,27-28,30-31,45-46H,3-13,16-22H2,1-2H3. The first-order valence-electron chi connectivity index (χ1n) is 17.6. The summed E-state index contributed by atoms with van der Waals surface area (Å²) in [5.41, 5.74) is 0.736. The van der Waals surface area contributed by atoms with Gasteiger partial charge in [-0.1, -0.05) is 45.1 Å². The third-order valence-corrected chi connectivity index (χ3v) is 13.6. The van der Waals surface area contributed by atoms with E-state index in [2.05, 4.69) is 27.8 Å². The lowest BCUT2D eigenvalue weighted by Gasteiger charge is -2.56. The van der Waals surface area contributed by atoms with Gasteiger partial charge in [0.05, 0.1) is 10.1 Å². The molecule has 5 rings (SSSR count). The molecular formula is C36H52BrF6NO2. The van der Waals surface area contributed by atoms with Gasteiger partial charge in [0.15, 0.2) is 0 Å². The number of fused-ring (bicyclic) bond motifs is 5. The summed E-state index contributed by atoms with van der Waals surface area (Å²) in [4.78, 5) is 2.52. The second kappa shape index (κ2) is 14.1. The number of benzene rings is 1. The Balaban J connectivity index is 1.11. The molecule has 8 unspecified atom stereocenters. The summed E-state index contributed by atoms with van der Waals surface area (Å²) in [5, 5.41) is 21.8. The maximum Gasteiger partial charge on any atom is 0.453 e. The van der Waals surface area contributed by atoms with E-state index in [4.69, 9.17) is 0 Å². The number of unbranched alkanes of at least 4 members (excludes halogenated alkanes) is 5. The van der Waals surface area contributed by atoms with Crippen LogP contribution in [0.1, 0.15) is 127 Å². The van der Waals surface area contributed by atoms with E-state index in [0.29, 0.717) is 36.2 Å². The van der Waals surface area contributed by atoms with Crippen LogP contribution in [0.3, 0.4) is 0 Å². The molecule has 3 nitrogen and oxygen atoms in total. The van der Waals surface area contributed by atoms with Crippen LogP contribution in [-0.2, 0) is 6.42 Å². The Morgan fingerprint density at radius 2 is 1.65 bits per heavy atom. The van der Waals surface area contributed by atoms with Crippen LogP contribution in [0.4, 0.5) is 26.3 Å². The zero-order valence-electron chi connectivity index (χ0n) is 27.3. The fourth-order valence-electron chi connectivity index (χ4n) is 9.95. The molecule has 0 amide bonds. The normalized spacial score (nSPS) is 34.8. The van der Waals surface area contributed by atoms with Gasteiger partial charge in [-0.3, -0.25) is 0 Å². The number of hydrogen-bond acceptors (Lipinski definition) is 3. The van der Waals surface area contributed by atoms with Crippen molar-refractivity contribution in [3.63, 3.8) is 0 Å². The van der Waals surface area contributed by atoms with Gasteiger partial charge in [0.1, 0.15) is 11.9 Å². The molecule has 46 heavy (non-hydrogen) atoms. The predicted molar refractivity (Wildman–Crippen MR) is 172 cm³/mol. The van der Waals surface area contributed by atoms with E-state index >= 15 is 4.39 Å². The first kappa shape index (κ1) is 36.3. The number of nitrogens with zero attached hydrogens (tertiary/aromatic N) is 1. The summed E-state index contributed by atoms with van der Waals surface area (Å²) in [5.74, 6) is -3.92. The molecule has 3 aliphatic carbocycles. The maximum atomic E-state index is 16.3. The topological polar surface area (TPSA) is 43.7 Å². The SMILES string of the molecule is CC1(O)CCC2C3C(CCCCCN4CCCC4CCCCCCC(F)(F)C(F)(F)F)Cc4c(ccc(O)c4Br)C3C(F)CC21C. The number of phenols is 1. The predicted octanol–water partition coefficient (Wildman–Crippen LogP) is 10.5. The Bertz CT molecular complexity index is 1190. The average molecular weight is 725 g/mol. The summed E-state index contributed by atoms with van der Waals surface area (Å²) < 4.78 is 80.3. The second-order valence-electron chi connectivity index (χ2n) is 15.4. The highest BCUT2D eigenvalue weighted by atomic mass is 79.9. The molecule has 0 radical (unpaired) electrons. The molecule has 4 aliphatic rings. The van der Waals surface area contributed by atoms with E-state index in [1.165, 1.54) is 0 Å². The number of phenolic OH excluding ortho intramolecular Hbond substituents is 1. The van der Waals surface area contributed by atoms with E-state index in [1.54, 1.807) is 6.07 Å². The summed E-state index contributed by atoms with van der Waals surface area (Å²) >= 11 is 3.61. The average Bonchev–Trinajstić information content (AvgIpc) is 3.51. The van der Waals surface area contributed by atoms with Gasteiger partial charge in [0, 0.05) is 23.8 Å². The molecule has 10 heteroatoms. The molecule has 1 aromatic carbocycles. The van der Waals surface area contributed by atoms with E-state index in [0.717, 1.165) is 88.4 Å². The first-order chi connectivity index (χ1) is 21.6. The molecule has 2 N–H and O–H groups in total. The van der Waals surface area contributed by atoms with Crippen molar-refractivity contribution in [2.75, 3.05) is 13.1 Å². The highest BCUT2D eigenvalue weighted by Gasteiger charge is 2.64. The Hall–Kier alpha value is -1.00. The van der Waals surface area contributed by atoms with Crippen molar-refractivity contribution in [1.82, 2.24) is 4.90 Å². The molecule has 1 aromatic rings. The van der Waals surface area contributed by atoms with Crippen LogP contribution < -0.4 is 0 Å². The zero-order chi connectivity index (χ0) is 33.5. The van der Waals surface area contributed by atoms with Crippen molar-refractivity contribution in [3.05, 3.63) is 27.7 Å². The number of aliphatic hydroxyl groups is 1. The van der Waals surface area contributed by atoms with Gasteiger partial charge in [0.2, 0.25) is 0 Å². The van der Waals surface area contributed by atoms with E-state index in [1.807, 2.05) is 13.0 Å². The molecule has 1 heterocycles. The summed E-state index contributed by atoms with van der Waals surface area (Å²) in [6, 6.07) is 4.05. The number of hydrogen-bond donors (Lipinski definition) is 2. The smallest absolute Gasteiger partial charge is 0.453 e. The lowest BCUT2D eigenvalue weighted by atomic mass is 9.50.